The number of piperazine rings is 1. The SMILES string of the molecule is Cc1cccc(CN2CCN(C(C)C(=O)NC3(C#N)CCCCC3)CC2)c1. The minimum absolute atomic E-state index is 0.00517. The summed E-state index contributed by atoms with van der Waals surface area (Å²) in [5, 5.41) is 12.7. The molecule has 1 atom stereocenters. The smallest absolute Gasteiger partial charge is 0.238 e. The van der Waals surface area contributed by atoms with Gasteiger partial charge in [-0.2, -0.15) is 5.26 Å². The molecule has 1 amide bonds. The molecule has 1 aliphatic carbocycles. The van der Waals surface area contributed by atoms with Gasteiger partial charge in [0.1, 0.15) is 5.54 Å². The molecular weight excluding hydrogens is 336 g/mol. The van der Waals surface area contributed by atoms with Crippen LogP contribution in [0.3, 0.4) is 0 Å². The fourth-order valence-electron chi connectivity index (χ4n) is 4.30. The van der Waals surface area contributed by atoms with Gasteiger partial charge in [-0.1, -0.05) is 49.1 Å². The lowest BCUT2D eigenvalue weighted by Crippen LogP contribution is -2.58. The van der Waals surface area contributed by atoms with Crippen molar-refractivity contribution in [1.29, 1.82) is 5.26 Å². The van der Waals surface area contributed by atoms with Crippen LogP contribution in [0.5, 0.6) is 0 Å². The van der Waals surface area contributed by atoms with Crippen molar-refractivity contribution in [3.05, 3.63) is 35.4 Å². The zero-order valence-electron chi connectivity index (χ0n) is 16.7. The van der Waals surface area contributed by atoms with Crippen molar-refractivity contribution < 1.29 is 4.79 Å². The first-order chi connectivity index (χ1) is 13.0. The van der Waals surface area contributed by atoms with Crippen LogP contribution in [0.15, 0.2) is 24.3 Å². The van der Waals surface area contributed by atoms with Crippen LogP contribution in [-0.4, -0.2) is 53.5 Å². The van der Waals surface area contributed by atoms with Gasteiger partial charge in [0.15, 0.2) is 0 Å². The molecule has 1 saturated heterocycles. The summed E-state index contributed by atoms with van der Waals surface area (Å²) >= 11 is 0. The van der Waals surface area contributed by atoms with Gasteiger partial charge in [0, 0.05) is 32.7 Å². The Labute approximate surface area is 163 Å². The van der Waals surface area contributed by atoms with E-state index >= 15 is 0 Å². The highest BCUT2D eigenvalue weighted by Crippen LogP contribution is 2.27. The first-order valence-electron chi connectivity index (χ1n) is 10.3. The van der Waals surface area contributed by atoms with E-state index in [1.165, 1.54) is 11.1 Å². The fraction of sp³-hybridized carbons (Fsp3) is 0.636. The highest BCUT2D eigenvalue weighted by Gasteiger charge is 2.36. The Kier molecular flexibility index (Phi) is 6.51. The molecule has 2 fully saturated rings. The molecule has 146 valence electrons. The number of carbonyl (C=O) groups excluding carboxylic acids is 1. The molecule has 0 aromatic heterocycles. The van der Waals surface area contributed by atoms with Gasteiger partial charge in [-0.25, -0.2) is 0 Å². The van der Waals surface area contributed by atoms with Gasteiger partial charge in [0.05, 0.1) is 12.1 Å². The second-order valence-electron chi connectivity index (χ2n) is 8.22. The van der Waals surface area contributed by atoms with Crippen molar-refractivity contribution in [3.8, 4) is 6.07 Å². The van der Waals surface area contributed by atoms with E-state index in [0.29, 0.717) is 0 Å². The van der Waals surface area contributed by atoms with Crippen molar-refractivity contribution in [2.45, 2.75) is 64.1 Å². The highest BCUT2D eigenvalue weighted by atomic mass is 16.2. The van der Waals surface area contributed by atoms with E-state index in [9.17, 15) is 10.1 Å². The lowest BCUT2D eigenvalue weighted by atomic mass is 9.82. The summed E-state index contributed by atoms with van der Waals surface area (Å²) in [4.78, 5) is 17.5. The average Bonchev–Trinajstić information content (AvgIpc) is 2.69. The second kappa shape index (κ2) is 8.86. The topological polar surface area (TPSA) is 59.4 Å². The number of benzene rings is 1. The molecule has 1 saturated carbocycles. The van der Waals surface area contributed by atoms with Gasteiger partial charge in [-0.15, -0.1) is 0 Å². The van der Waals surface area contributed by atoms with E-state index in [0.717, 1.165) is 64.8 Å². The minimum atomic E-state index is -0.642. The lowest BCUT2D eigenvalue weighted by Gasteiger charge is -2.39. The molecule has 5 nitrogen and oxygen atoms in total. The summed E-state index contributed by atoms with van der Waals surface area (Å²) in [6.45, 7) is 8.78. The zero-order chi connectivity index (χ0) is 19.3. The minimum Gasteiger partial charge on any atom is -0.336 e. The van der Waals surface area contributed by atoms with Crippen LogP contribution < -0.4 is 5.32 Å². The first kappa shape index (κ1) is 19.9. The van der Waals surface area contributed by atoms with E-state index in [1.54, 1.807) is 0 Å². The average molecular weight is 369 g/mol. The van der Waals surface area contributed by atoms with Crippen LogP contribution in [-0.2, 0) is 11.3 Å². The van der Waals surface area contributed by atoms with Crippen molar-refractivity contribution in [2.24, 2.45) is 0 Å². The maximum absolute atomic E-state index is 12.8. The maximum Gasteiger partial charge on any atom is 0.238 e. The standard InChI is InChI=1S/C22H32N4O/c1-18-7-6-8-20(15-18)16-25-11-13-26(14-12-25)19(2)21(27)24-22(17-23)9-4-3-5-10-22/h6-8,15,19H,3-5,9-14,16H2,1-2H3,(H,24,27). The van der Waals surface area contributed by atoms with Crippen molar-refractivity contribution in [3.63, 3.8) is 0 Å². The quantitative estimate of drug-likeness (QED) is 0.868. The molecule has 1 heterocycles. The van der Waals surface area contributed by atoms with Crippen molar-refractivity contribution in [2.75, 3.05) is 26.2 Å². The van der Waals surface area contributed by atoms with Crippen LogP contribution in [0.25, 0.3) is 0 Å². The molecule has 1 aromatic carbocycles. The molecule has 1 aliphatic heterocycles. The van der Waals surface area contributed by atoms with Gasteiger partial charge in [0.2, 0.25) is 5.91 Å². The van der Waals surface area contributed by atoms with Crippen molar-refractivity contribution in [1.82, 2.24) is 15.1 Å². The first-order valence-corrected chi connectivity index (χ1v) is 10.3. The Morgan fingerprint density at radius 2 is 1.93 bits per heavy atom. The van der Waals surface area contributed by atoms with E-state index in [2.05, 4.69) is 52.4 Å². The number of hydrogen-bond donors (Lipinski definition) is 1. The summed E-state index contributed by atoms with van der Waals surface area (Å²) in [5.74, 6) is 0.00517. The summed E-state index contributed by atoms with van der Waals surface area (Å²) in [7, 11) is 0. The van der Waals surface area contributed by atoms with Gasteiger partial charge >= 0.3 is 0 Å². The van der Waals surface area contributed by atoms with Gasteiger partial charge in [-0.3, -0.25) is 14.6 Å². The molecule has 2 aliphatic rings. The molecule has 0 radical (unpaired) electrons. The summed E-state index contributed by atoms with van der Waals surface area (Å²) in [5.41, 5.74) is 2.00. The third-order valence-electron chi connectivity index (χ3n) is 6.11. The molecule has 1 unspecified atom stereocenters. The number of rotatable bonds is 5. The molecule has 0 bridgehead atoms. The monoisotopic (exact) mass is 368 g/mol. The largest absolute Gasteiger partial charge is 0.336 e. The van der Waals surface area contributed by atoms with Crippen LogP contribution in [0, 0.1) is 18.3 Å². The molecule has 5 heteroatoms. The number of amides is 1. The molecule has 0 spiro atoms. The van der Waals surface area contributed by atoms with Gasteiger partial charge in [0.25, 0.3) is 0 Å². The predicted octanol–water partition coefficient (Wildman–Crippen LogP) is 2.84. The van der Waals surface area contributed by atoms with Crippen LogP contribution in [0.1, 0.15) is 50.2 Å². The maximum atomic E-state index is 12.8. The van der Waals surface area contributed by atoms with E-state index in [-0.39, 0.29) is 11.9 Å². The van der Waals surface area contributed by atoms with E-state index in [4.69, 9.17) is 0 Å². The normalized spacial score (nSPS) is 22.0. The highest BCUT2D eigenvalue weighted by molar-refractivity contribution is 5.82. The summed E-state index contributed by atoms with van der Waals surface area (Å²) in [6, 6.07) is 10.9. The van der Waals surface area contributed by atoms with Gasteiger partial charge < -0.3 is 5.32 Å². The van der Waals surface area contributed by atoms with Crippen molar-refractivity contribution >= 4 is 5.91 Å². The molecule has 3 rings (SSSR count). The molecule has 1 aromatic rings. The predicted molar refractivity (Wildman–Crippen MR) is 107 cm³/mol. The molecule has 1 N–H and O–H groups in total. The van der Waals surface area contributed by atoms with Gasteiger partial charge in [-0.05, 0) is 32.3 Å². The number of nitriles is 1. The van der Waals surface area contributed by atoms with Crippen LogP contribution in [0.4, 0.5) is 0 Å². The number of aryl methyl sites for hydroxylation is 1. The number of carbonyl (C=O) groups is 1. The number of nitrogens with zero attached hydrogens (tertiary/aromatic N) is 3. The Balaban J connectivity index is 1.49. The van der Waals surface area contributed by atoms with E-state index < -0.39 is 5.54 Å². The second-order valence-corrected chi connectivity index (χ2v) is 8.22. The fourth-order valence-corrected chi connectivity index (χ4v) is 4.30. The van der Waals surface area contributed by atoms with Crippen LogP contribution in [0.2, 0.25) is 0 Å². The molecule has 27 heavy (non-hydrogen) atoms. The third-order valence-corrected chi connectivity index (χ3v) is 6.11. The molecular formula is C22H32N4O. The zero-order valence-corrected chi connectivity index (χ0v) is 16.7. The van der Waals surface area contributed by atoms with E-state index in [1.807, 2.05) is 6.92 Å². The Morgan fingerprint density at radius 3 is 2.56 bits per heavy atom. The summed E-state index contributed by atoms with van der Waals surface area (Å²) < 4.78 is 0. The van der Waals surface area contributed by atoms with Crippen LogP contribution >= 0.6 is 0 Å². The summed E-state index contributed by atoms with van der Waals surface area (Å²) in [6.07, 6.45) is 4.79. The Bertz CT molecular complexity index is 682. The lowest BCUT2D eigenvalue weighted by molar-refractivity contribution is -0.128. The number of nitrogens with one attached hydrogen (secondary N) is 1. The Morgan fingerprint density at radius 1 is 1.22 bits per heavy atom. The third kappa shape index (κ3) is 5.09. The number of hydrogen-bond acceptors (Lipinski definition) is 4. The Hall–Kier alpha value is -1.90.